The molecule has 0 bridgehead atoms. The van der Waals surface area contributed by atoms with Gasteiger partial charge in [0.15, 0.2) is 0 Å². The van der Waals surface area contributed by atoms with Crippen molar-refractivity contribution in [2.75, 3.05) is 12.8 Å². The number of nitrogen functional groups attached to an aromatic ring is 1. The van der Waals surface area contributed by atoms with Crippen LogP contribution in [0.25, 0.3) is 0 Å². The second-order valence-corrected chi connectivity index (χ2v) is 2.87. The van der Waals surface area contributed by atoms with Gasteiger partial charge in [-0.15, -0.1) is 0 Å². The lowest BCUT2D eigenvalue weighted by atomic mass is 10.3. The first-order chi connectivity index (χ1) is 7.13. The average Bonchev–Trinajstić information content (AvgIpc) is 2.21. The van der Waals surface area contributed by atoms with Gasteiger partial charge in [0.2, 0.25) is 0 Å². The molecule has 0 saturated heterocycles. The molecule has 5 nitrogen and oxygen atoms in total. The summed E-state index contributed by atoms with van der Waals surface area (Å²) in [6, 6.07) is 7.14. The number of carbonyl (C=O) groups excluding carboxylic acids is 1. The van der Waals surface area contributed by atoms with Crippen LogP contribution >= 0.6 is 0 Å². The Morgan fingerprint density at radius 2 is 2.13 bits per heavy atom. The third-order valence-corrected chi connectivity index (χ3v) is 1.69. The molecule has 0 aliphatic heterocycles. The minimum absolute atomic E-state index is 0.430. The first-order valence-electron chi connectivity index (χ1n) is 4.38. The highest BCUT2D eigenvalue weighted by molar-refractivity contribution is 5.95. The maximum absolute atomic E-state index is 10.9. The minimum atomic E-state index is -0.550. The molecular weight excluding hydrogens is 194 g/mol. The van der Waals surface area contributed by atoms with E-state index in [-0.39, 0.29) is 0 Å². The number of alkyl carbamates (subject to hydrolysis) is 1. The van der Waals surface area contributed by atoms with E-state index in [9.17, 15) is 4.79 Å². The van der Waals surface area contributed by atoms with Gasteiger partial charge in [0.1, 0.15) is 5.84 Å². The summed E-state index contributed by atoms with van der Waals surface area (Å²) < 4.78 is 4.43. The Labute approximate surface area is 88.0 Å². The summed E-state index contributed by atoms with van der Waals surface area (Å²) >= 11 is 0. The van der Waals surface area contributed by atoms with Crippen molar-refractivity contribution in [2.45, 2.75) is 6.92 Å². The van der Waals surface area contributed by atoms with Crippen LogP contribution in [-0.2, 0) is 4.74 Å². The van der Waals surface area contributed by atoms with Crippen molar-refractivity contribution in [1.29, 1.82) is 0 Å². The predicted molar refractivity (Wildman–Crippen MR) is 59.2 cm³/mol. The van der Waals surface area contributed by atoms with Crippen LogP contribution in [0.15, 0.2) is 29.3 Å². The number of aliphatic imine (C=N–C) groups is 1. The molecule has 0 heterocycles. The number of hydrogen-bond donors (Lipinski definition) is 2. The van der Waals surface area contributed by atoms with Crippen molar-refractivity contribution >= 4 is 23.3 Å². The zero-order valence-corrected chi connectivity index (χ0v) is 8.65. The molecule has 1 aromatic rings. The highest BCUT2D eigenvalue weighted by atomic mass is 16.5. The van der Waals surface area contributed by atoms with Crippen molar-refractivity contribution in [2.24, 2.45) is 4.99 Å². The number of nitrogens with two attached hydrogens (primary N) is 1. The number of rotatable bonds is 1. The first kappa shape index (κ1) is 11.0. The quantitative estimate of drug-likeness (QED) is 0.418. The molecule has 0 aliphatic carbocycles. The van der Waals surface area contributed by atoms with E-state index in [2.05, 4.69) is 15.0 Å². The number of amides is 1. The highest BCUT2D eigenvalue weighted by Crippen LogP contribution is 2.20. The zero-order valence-electron chi connectivity index (χ0n) is 8.65. The number of para-hydroxylation sites is 2. The fourth-order valence-electron chi connectivity index (χ4n) is 0.997. The molecule has 0 atom stereocenters. The second-order valence-electron chi connectivity index (χ2n) is 2.87. The summed E-state index contributed by atoms with van der Waals surface area (Å²) in [5.74, 6) is 0.430. The lowest BCUT2D eigenvalue weighted by Gasteiger charge is -2.03. The van der Waals surface area contributed by atoms with E-state index in [1.807, 2.05) is 12.1 Å². The van der Waals surface area contributed by atoms with Crippen LogP contribution in [0.2, 0.25) is 0 Å². The Kier molecular flexibility index (Phi) is 3.68. The molecule has 0 aliphatic rings. The molecule has 3 N–H and O–H groups in total. The van der Waals surface area contributed by atoms with Crippen LogP contribution in [0.3, 0.4) is 0 Å². The van der Waals surface area contributed by atoms with Crippen molar-refractivity contribution in [3.63, 3.8) is 0 Å². The smallest absolute Gasteiger partial charge is 0.412 e. The molecule has 0 radical (unpaired) electrons. The molecular formula is C10H13N3O2. The largest absolute Gasteiger partial charge is 0.453 e. The fourth-order valence-corrected chi connectivity index (χ4v) is 0.997. The Morgan fingerprint density at radius 3 is 2.73 bits per heavy atom. The average molecular weight is 207 g/mol. The monoisotopic (exact) mass is 207 g/mol. The van der Waals surface area contributed by atoms with Crippen LogP contribution in [0.4, 0.5) is 16.2 Å². The predicted octanol–water partition coefficient (Wildman–Crippen LogP) is 1.67. The number of benzene rings is 1. The van der Waals surface area contributed by atoms with Crippen LogP contribution < -0.4 is 11.1 Å². The van der Waals surface area contributed by atoms with Gasteiger partial charge in [-0.1, -0.05) is 12.1 Å². The van der Waals surface area contributed by atoms with E-state index in [4.69, 9.17) is 5.73 Å². The number of nitrogens with zero attached hydrogens (tertiary/aromatic N) is 1. The van der Waals surface area contributed by atoms with E-state index in [1.165, 1.54) is 7.11 Å². The first-order valence-corrected chi connectivity index (χ1v) is 4.38. The molecule has 15 heavy (non-hydrogen) atoms. The molecule has 0 fully saturated rings. The Morgan fingerprint density at radius 1 is 1.47 bits per heavy atom. The summed E-state index contributed by atoms with van der Waals surface area (Å²) in [5.41, 5.74) is 6.86. The number of methoxy groups -OCH3 is 1. The lowest BCUT2D eigenvalue weighted by Crippen LogP contribution is -2.27. The van der Waals surface area contributed by atoms with E-state index in [1.54, 1.807) is 19.1 Å². The molecule has 1 amide bonds. The maximum Gasteiger partial charge on any atom is 0.412 e. The normalized spacial score (nSPS) is 10.9. The van der Waals surface area contributed by atoms with Gasteiger partial charge in [0.05, 0.1) is 18.5 Å². The van der Waals surface area contributed by atoms with Crippen molar-refractivity contribution < 1.29 is 9.53 Å². The third kappa shape index (κ3) is 3.30. The lowest BCUT2D eigenvalue weighted by molar-refractivity contribution is 0.177. The number of ether oxygens (including phenoxy) is 1. The van der Waals surface area contributed by atoms with Crippen molar-refractivity contribution in [3.8, 4) is 0 Å². The van der Waals surface area contributed by atoms with Gasteiger partial charge in [0, 0.05) is 0 Å². The molecule has 1 aromatic carbocycles. The minimum Gasteiger partial charge on any atom is -0.453 e. The van der Waals surface area contributed by atoms with Crippen LogP contribution in [0.5, 0.6) is 0 Å². The van der Waals surface area contributed by atoms with Crippen LogP contribution in [0, 0.1) is 0 Å². The van der Waals surface area contributed by atoms with E-state index < -0.39 is 6.09 Å². The Hall–Kier alpha value is -2.04. The van der Waals surface area contributed by atoms with Crippen molar-refractivity contribution in [1.82, 2.24) is 5.32 Å². The van der Waals surface area contributed by atoms with Crippen LogP contribution in [-0.4, -0.2) is 19.0 Å². The Bertz CT molecular complexity index is 388. The molecule has 0 spiro atoms. The van der Waals surface area contributed by atoms with E-state index >= 15 is 0 Å². The summed E-state index contributed by atoms with van der Waals surface area (Å²) in [6.45, 7) is 1.66. The SMILES string of the molecule is COC(=O)NC(C)=Nc1ccccc1N. The van der Waals surface area contributed by atoms with Gasteiger partial charge in [-0.25, -0.2) is 9.79 Å². The van der Waals surface area contributed by atoms with Gasteiger partial charge in [-0.05, 0) is 19.1 Å². The number of nitrogens with one attached hydrogen (secondary N) is 1. The maximum atomic E-state index is 10.9. The fraction of sp³-hybridized carbons (Fsp3) is 0.200. The van der Waals surface area contributed by atoms with E-state index in [0.29, 0.717) is 17.2 Å². The molecule has 0 unspecified atom stereocenters. The molecule has 1 rings (SSSR count). The summed E-state index contributed by atoms with van der Waals surface area (Å²) in [7, 11) is 1.29. The number of amidine groups is 1. The van der Waals surface area contributed by atoms with Gasteiger partial charge in [0.25, 0.3) is 0 Å². The topological polar surface area (TPSA) is 76.7 Å². The van der Waals surface area contributed by atoms with Gasteiger partial charge >= 0.3 is 6.09 Å². The van der Waals surface area contributed by atoms with Crippen molar-refractivity contribution in [3.05, 3.63) is 24.3 Å². The molecule has 0 saturated carbocycles. The van der Waals surface area contributed by atoms with Crippen LogP contribution in [0.1, 0.15) is 6.92 Å². The number of hydrogen-bond acceptors (Lipinski definition) is 4. The third-order valence-electron chi connectivity index (χ3n) is 1.69. The second kappa shape index (κ2) is 4.99. The van der Waals surface area contributed by atoms with Gasteiger partial charge in [-0.2, -0.15) is 0 Å². The summed E-state index contributed by atoms with van der Waals surface area (Å²) in [5, 5.41) is 2.44. The molecule has 5 heteroatoms. The van der Waals surface area contributed by atoms with Gasteiger partial charge < -0.3 is 10.5 Å². The number of anilines is 1. The highest BCUT2D eigenvalue weighted by Gasteiger charge is 2.01. The number of carbonyl (C=O) groups is 1. The summed E-state index contributed by atoms with van der Waals surface area (Å²) in [4.78, 5) is 15.0. The summed E-state index contributed by atoms with van der Waals surface area (Å²) in [6.07, 6.45) is -0.550. The zero-order chi connectivity index (χ0) is 11.3. The van der Waals surface area contributed by atoms with E-state index in [0.717, 1.165) is 0 Å². The molecule has 80 valence electrons. The Balaban J connectivity index is 2.79. The standard InChI is InChI=1S/C10H13N3O2/c1-7(13-10(14)15-2)12-9-6-4-3-5-8(9)11/h3-6H,11H2,1-2H3,(H,12,13,14). The molecule has 0 aromatic heterocycles. The van der Waals surface area contributed by atoms with Gasteiger partial charge in [-0.3, -0.25) is 5.32 Å².